The molecule has 0 saturated heterocycles. The summed E-state index contributed by atoms with van der Waals surface area (Å²) in [5.41, 5.74) is 9.78. The monoisotopic (exact) mass is 401 g/mol. The summed E-state index contributed by atoms with van der Waals surface area (Å²) in [6.07, 6.45) is 2.92. The van der Waals surface area contributed by atoms with Crippen molar-refractivity contribution in [1.29, 1.82) is 0 Å². The number of anilines is 3. The Morgan fingerprint density at radius 2 is 1.87 bits per heavy atom. The molecular formula is C21H16FN7O. The van der Waals surface area contributed by atoms with Crippen LogP contribution in [0.5, 0.6) is 0 Å². The van der Waals surface area contributed by atoms with Gasteiger partial charge in [0.15, 0.2) is 5.82 Å². The number of urea groups is 1. The molecule has 0 aliphatic heterocycles. The number of fused-ring (bicyclic) bond motifs is 1. The van der Waals surface area contributed by atoms with Crippen LogP contribution in [-0.4, -0.2) is 20.6 Å². The maximum Gasteiger partial charge on any atom is 0.323 e. The highest BCUT2D eigenvalue weighted by Gasteiger charge is 2.16. The number of nitrogens with zero attached hydrogens (tertiary/aromatic N) is 4. The predicted octanol–water partition coefficient (Wildman–Crippen LogP) is 4.62. The van der Waals surface area contributed by atoms with E-state index in [4.69, 9.17) is 12.3 Å². The molecule has 4 aromatic rings. The summed E-state index contributed by atoms with van der Waals surface area (Å²) in [6.45, 7) is 9.06. The van der Waals surface area contributed by atoms with Crippen molar-refractivity contribution in [2.24, 2.45) is 0 Å². The Morgan fingerprint density at radius 3 is 2.57 bits per heavy atom. The first-order chi connectivity index (χ1) is 14.5. The van der Waals surface area contributed by atoms with Crippen molar-refractivity contribution < 1.29 is 9.18 Å². The highest BCUT2D eigenvalue weighted by Crippen LogP contribution is 2.37. The van der Waals surface area contributed by atoms with Crippen molar-refractivity contribution in [3.8, 4) is 11.1 Å². The predicted molar refractivity (Wildman–Crippen MR) is 113 cm³/mol. The summed E-state index contributed by atoms with van der Waals surface area (Å²) >= 11 is 0. The van der Waals surface area contributed by atoms with Crippen LogP contribution in [0.3, 0.4) is 0 Å². The largest absolute Gasteiger partial charge is 0.382 e. The minimum absolute atomic E-state index is 0.270. The van der Waals surface area contributed by atoms with E-state index in [-0.39, 0.29) is 11.6 Å². The summed E-state index contributed by atoms with van der Waals surface area (Å²) in [4.78, 5) is 19.8. The zero-order chi connectivity index (χ0) is 21.3. The number of nitrogens with two attached hydrogens (primary N) is 1. The molecule has 30 heavy (non-hydrogen) atoms. The summed E-state index contributed by atoms with van der Waals surface area (Å²) in [5.74, 6) is -0.0642. The highest BCUT2D eigenvalue weighted by atomic mass is 19.1. The third-order valence-corrected chi connectivity index (χ3v) is 4.55. The number of carbonyl (C=O) groups is 1. The van der Waals surface area contributed by atoms with Gasteiger partial charge in [-0.1, -0.05) is 12.1 Å². The molecular weight excluding hydrogens is 385 g/mol. The Balaban J connectivity index is 1.56. The van der Waals surface area contributed by atoms with Gasteiger partial charge < -0.3 is 16.4 Å². The number of aromatic nitrogens is 3. The van der Waals surface area contributed by atoms with Crippen LogP contribution in [0.2, 0.25) is 0 Å². The lowest BCUT2D eigenvalue weighted by Gasteiger charge is -2.10. The van der Waals surface area contributed by atoms with Crippen LogP contribution >= 0.6 is 0 Å². The first-order valence-corrected chi connectivity index (χ1v) is 8.90. The van der Waals surface area contributed by atoms with Gasteiger partial charge in [0.25, 0.3) is 0 Å². The summed E-state index contributed by atoms with van der Waals surface area (Å²) < 4.78 is 14.9. The third kappa shape index (κ3) is 3.49. The fourth-order valence-corrected chi connectivity index (χ4v) is 3.13. The first kappa shape index (κ1) is 18.9. The molecule has 0 saturated carbocycles. The van der Waals surface area contributed by atoms with E-state index in [1.807, 2.05) is 0 Å². The molecule has 0 spiro atoms. The van der Waals surface area contributed by atoms with Crippen molar-refractivity contribution in [2.75, 3.05) is 16.4 Å². The van der Waals surface area contributed by atoms with E-state index in [0.29, 0.717) is 33.7 Å². The van der Waals surface area contributed by atoms with Crippen molar-refractivity contribution in [3.63, 3.8) is 0 Å². The van der Waals surface area contributed by atoms with Gasteiger partial charge in [-0.15, -0.1) is 0 Å². The van der Waals surface area contributed by atoms with E-state index in [0.717, 1.165) is 5.56 Å². The van der Waals surface area contributed by atoms with Crippen molar-refractivity contribution >= 4 is 34.4 Å². The molecule has 9 heteroatoms. The Hall–Kier alpha value is -4.45. The van der Waals surface area contributed by atoms with Gasteiger partial charge in [-0.3, -0.25) is 0 Å². The molecule has 0 radical (unpaired) electrons. The standard InChI is InChI=1S/C21H16FN7O/c1-12-9-15(7-8-16(12)22)28-21(30)27-14-5-3-13(4-6-14)18-17(24-2)10-29-19(18)20(23)25-11-26-29/h3-11H,1H3,(H2,23,25,26)(H2,27,28,30). The number of carbonyl (C=O) groups excluding carboxylic acids is 1. The Morgan fingerprint density at radius 1 is 1.17 bits per heavy atom. The van der Waals surface area contributed by atoms with Gasteiger partial charge in [-0.05, 0) is 48.4 Å². The van der Waals surface area contributed by atoms with Gasteiger partial charge in [-0.25, -0.2) is 23.5 Å². The normalized spacial score (nSPS) is 10.6. The lowest BCUT2D eigenvalue weighted by Crippen LogP contribution is -2.19. The van der Waals surface area contributed by atoms with Crippen molar-refractivity contribution in [2.45, 2.75) is 6.92 Å². The highest BCUT2D eigenvalue weighted by molar-refractivity contribution is 6.00. The van der Waals surface area contributed by atoms with E-state index < -0.39 is 6.03 Å². The number of rotatable bonds is 3. The molecule has 0 unspecified atom stereocenters. The minimum atomic E-state index is -0.456. The van der Waals surface area contributed by atoms with Gasteiger partial charge in [0.1, 0.15) is 17.7 Å². The molecule has 0 aliphatic rings. The average molecular weight is 401 g/mol. The molecule has 2 amide bonds. The first-order valence-electron chi connectivity index (χ1n) is 8.90. The molecule has 148 valence electrons. The number of nitrogens with one attached hydrogen (secondary N) is 2. The van der Waals surface area contributed by atoms with Crippen molar-refractivity contribution in [3.05, 3.63) is 77.8 Å². The topological polar surface area (TPSA) is 102 Å². The van der Waals surface area contributed by atoms with E-state index in [1.54, 1.807) is 43.5 Å². The number of hydrogen-bond donors (Lipinski definition) is 3. The van der Waals surface area contributed by atoms with Crippen molar-refractivity contribution in [1.82, 2.24) is 14.6 Å². The molecule has 0 aliphatic carbocycles. The molecule has 2 heterocycles. The number of halogens is 1. The number of benzene rings is 2. The van der Waals surface area contributed by atoms with Crippen LogP contribution in [-0.2, 0) is 0 Å². The SMILES string of the molecule is [C-]#[N+]c1cn2ncnc(N)c2c1-c1ccc(NC(=O)Nc2ccc(F)c(C)c2)cc1. The maximum absolute atomic E-state index is 13.3. The van der Waals surface area contributed by atoms with E-state index in [9.17, 15) is 9.18 Å². The van der Waals surface area contributed by atoms with Gasteiger partial charge in [0.2, 0.25) is 5.69 Å². The summed E-state index contributed by atoms with van der Waals surface area (Å²) in [7, 11) is 0. The van der Waals surface area contributed by atoms with Crippen LogP contribution < -0.4 is 16.4 Å². The smallest absolute Gasteiger partial charge is 0.323 e. The number of nitrogen functional groups attached to an aromatic ring is 1. The van der Waals surface area contributed by atoms with Gasteiger partial charge >= 0.3 is 6.03 Å². The average Bonchev–Trinajstić information content (AvgIpc) is 3.11. The third-order valence-electron chi connectivity index (χ3n) is 4.55. The molecule has 0 fully saturated rings. The van der Waals surface area contributed by atoms with Gasteiger partial charge in [-0.2, -0.15) is 5.10 Å². The summed E-state index contributed by atoms with van der Waals surface area (Å²) in [6, 6.07) is 10.8. The Bertz CT molecular complexity index is 1310. The Labute approximate surface area is 171 Å². The second-order valence-corrected chi connectivity index (χ2v) is 6.56. The van der Waals surface area contributed by atoms with Gasteiger partial charge in [0.05, 0.1) is 6.57 Å². The zero-order valence-electron chi connectivity index (χ0n) is 15.8. The number of amides is 2. The molecule has 2 aromatic heterocycles. The molecule has 0 bridgehead atoms. The van der Waals surface area contributed by atoms with Crippen LogP contribution in [0.1, 0.15) is 5.56 Å². The fraction of sp³-hybridized carbons (Fsp3) is 0.0476. The van der Waals surface area contributed by atoms with Crippen LogP contribution in [0.4, 0.5) is 32.1 Å². The van der Waals surface area contributed by atoms with E-state index >= 15 is 0 Å². The number of aryl methyl sites for hydroxylation is 1. The molecule has 4 rings (SSSR count). The molecule has 8 nitrogen and oxygen atoms in total. The van der Waals surface area contributed by atoms with E-state index in [1.165, 1.54) is 23.0 Å². The lowest BCUT2D eigenvalue weighted by atomic mass is 10.1. The summed E-state index contributed by atoms with van der Waals surface area (Å²) in [5, 5.41) is 9.47. The van der Waals surface area contributed by atoms with Crippen LogP contribution in [0, 0.1) is 19.3 Å². The fourth-order valence-electron chi connectivity index (χ4n) is 3.13. The quantitative estimate of drug-likeness (QED) is 0.436. The van der Waals surface area contributed by atoms with E-state index in [2.05, 4.69) is 25.6 Å². The Kier molecular flexibility index (Phi) is 4.74. The van der Waals surface area contributed by atoms with Crippen LogP contribution in [0.25, 0.3) is 21.5 Å². The zero-order valence-corrected chi connectivity index (χ0v) is 15.8. The molecule has 0 atom stereocenters. The minimum Gasteiger partial charge on any atom is -0.382 e. The lowest BCUT2D eigenvalue weighted by molar-refractivity contribution is 0.262. The second-order valence-electron chi connectivity index (χ2n) is 6.56. The molecule has 2 aromatic carbocycles. The number of hydrogen-bond acceptors (Lipinski definition) is 4. The maximum atomic E-state index is 13.3. The van der Waals surface area contributed by atoms with Gasteiger partial charge in [0, 0.05) is 23.1 Å². The second kappa shape index (κ2) is 7.52. The molecule has 4 N–H and O–H groups in total. The van der Waals surface area contributed by atoms with Crippen LogP contribution in [0.15, 0.2) is 55.0 Å².